The van der Waals surface area contributed by atoms with Crippen LogP contribution in [-0.2, 0) is 16.1 Å². The van der Waals surface area contributed by atoms with E-state index in [2.05, 4.69) is 25.5 Å². The van der Waals surface area contributed by atoms with Gasteiger partial charge in [0.1, 0.15) is 6.54 Å². The van der Waals surface area contributed by atoms with Crippen molar-refractivity contribution in [2.75, 3.05) is 12.4 Å². The van der Waals surface area contributed by atoms with Crippen LogP contribution in [0.1, 0.15) is 10.4 Å². The maximum atomic E-state index is 12.1. The second-order valence-corrected chi connectivity index (χ2v) is 5.70. The first-order chi connectivity index (χ1) is 12.5. The predicted molar refractivity (Wildman–Crippen MR) is 94.7 cm³/mol. The average molecular weight is 372 g/mol. The molecule has 26 heavy (non-hydrogen) atoms. The number of carbonyl (C=O) groups excluding carboxylic acids is 2. The molecule has 0 aliphatic carbocycles. The van der Waals surface area contributed by atoms with E-state index in [0.717, 1.165) is 5.56 Å². The van der Waals surface area contributed by atoms with Gasteiger partial charge in [0.15, 0.2) is 0 Å². The number of hydrogen-bond acceptors (Lipinski definition) is 6. The minimum Gasteiger partial charge on any atom is -0.465 e. The average Bonchev–Trinajstić information content (AvgIpc) is 3.10. The summed E-state index contributed by atoms with van der Waals surface area (Å²) in [5.74, 6) is -0.364. The van der Waals surface area contributed by atoms with Gasteiger partial charge in [-0.1, -0.05) is 11.6 Å². The van der Waals surface area contributed by atoms with Crippen molar-refractivity contribution in [3.63, 3.8) is 0 Å². The van der Waals surface area contributed by atoms with Crippen molar-refractivity contribution < 1.29 is 14.3 Å². The Kier molecular flexibility index (Phi) is 5.23. The van der Waals surface area contributed by atoms with Gasteiger partial charge in [-0.3, -0.25) is 4.79 Å². The number of anilines is 1. The molecule has 9 heteroatoms. The lowest BCUT2D eigenvalue weighted by Gasteiger charge is -2.05. The first-order valence-corrected chi connectivity index (χ1v) is 7.95. The topological polar surface area (TPSA) is 99.0 Å². The van der Waals surface area contributed by atoms with Crippen molar-refractivity contribution >= 4 is 29.2 Å². The molecule has 3 rings (SSSR count). The Balaban J connectivity index is 1.61. The standard InChI is InChI=1S/C17H14ClN5O3/c1-26-17(25)12-4-8-14(9-5-12)19-15(24)10-23-21-16(20-22-23)11-2-6-13(18)7-3-11/h2-9H,10H2,1H3,(H,19,24). The molecule has 0 saturated carbocycles. The Morgan fingerprint density at radius 2 is 1.81 bits per heavy atom. The summed E-state index contributed by atoms with van der Waals surface area (Å²) in [6.45, 7) is -0.0979. The number of rotatable bonds is 5. The Labute approximate surface area is 153 Å². The second-order valence-electron chi connectivity index (χ2n) is 5.27. The summed E-state index contributed by atoms with van der Waals surface area (Å²) < 4.78 is 4.62. The molecule has 0 spiro atoms. The van der Waals surface area contributed by atoms with E-state index in [-0.39, 0.29) is 12.5 Å². The van der Waals surface area contributed by atoms with Gasteiger partial charge in [0, 0.05) is 16.3 Å². The van der Waals surface area contributed by atoms with Crippen LogP contribution in [0.2, 0.25) is 5.02 Å². The molecule has 1 amide bonds. The molecule has 0 radical (unpaired) electrons. The number of esters is 1. The SMILES string of the molecule is COC(=O)c1ccc(NC(=O)Cn2nnc(-c3ccc(Cl)cc3)n2)cc1. The van der Waals surface area contributed by atoms with E-state index in [1.54, 1.807) is 48.5 Å². The first-order valence-electron chi connectivity index (χ1n) is 7.57. The number of nitrogens with one attached hydrogen (secondary N) is 1. The maximum Gasteiger partial charge on any atom is 0.337 e. The summed E-state index contributed by atoms with van der Waals surface area (Å²) in [5, 5.41) is 15.3. The van der Waals surface area contributed by atoms with Gasteiger partial charge in [0.05, 0.1) is 12.7 Å². The van der Waals surface area contributed by atoms with E-state index in [9.17, 15) is 9.59 Å². The van der Waals surface area contributed by atoms with Crippen molar-refractivity contribution in [1.29, 1.82) is 0 Å². The molecule has 1 N–H and O–H groups in total. The molecule has 2 aromatic carbocycles. The van der Waals surface area contributed by atoms with Crippen LogP contribution in [-0.4, -0.2) is 39.2 Å². The van der Waals surface area contributed by atoms with Gasteiger partial charge >= 0.3 is 5.97 Å². The molecular weight excluding hydrogens is 358 g/mol. The summed E-state index contributed by atoms with van der Waals surface area (Å²) in [5.41, 5.74) is 1.69. The highest BCUT2D eigenvalue weighted by Gasteiger charge is 2.10. The van der Waals surface area contributed by atoms with Gasteiger partial charge in [-0.05, 0) is 53.7 Å². The van der Waals surface area contributed by atoms with Crippen LogP contribution in [0.5, 0.6) is 0 Å². The zero-order valence-electron chi connectivity index (χ0n) is 13.7. The Morgan fingerprint density at radius 3 is 2.46 bits per heavy atom. The van der Waals surface area contributed by atoms with Crippen LogP contribution in [0.25, 0.3) is 11.4 Å². The third kappa shape index (κ3) is 4.22. The number of tetrazole rings is 1. The van der Waals surface area contributed by atoms with Crippen LogP contribution in [0.3, 0.4) is 0 Å². The van der Waals surface area contributed by atoms with E-state index < -0.39 is 5.97 Å². The van der Waals surface area contributed by atoms with Gasteiger partial charge < -0.3 is 10.1 Å². The lowest BCUT2D eigenvalue weighted by atomic mass is 10.2. The van der Waals surface area contributed by atoms with E-state index in [4.69, 9.17) is 11.6 Å². The highest BCUT2D eigenvalue weighted by Crippen LogP contribution is 2.17. The molecule has 0 saturated heterocycles. The van der Waals surface area contributed by atoms with Gasteiger partial charge in [-0.25, -0.2) is 4.79 Å². The number of amides is 1. The number of aromatic nitrogens is 4. The van der Waals surface area contributed by atoms with Crippen molar-refractivity contribution in [1.82, 2.24) is 20.2 Å². The molecule has 0 unspecified atom stereocenters. The van der Waals surface area contributed by atoms with E-state index in [0.29, 0.717) is 22.1 Å². The van der Waals surface area contributed by atoms with Crippen molar-refractivity contribution in [3.8, 4) is 11.4 Å². The Hall–Kier alpha value is -3.26. The van der Waals surface area contributed by atoms with Crippen LogP contribution in [0, 0.1) is 0 Å². The summed E-state index contributed by atoms with van der Waals surface area (Å²) in [6, 6.07) is 13.3. The van der Waals surface area contributed by atoms with E-state index in [1.165, 1.54) is 11.9 Å². The Bertz CT molecular complexity index is 922. The number of benzene rings is 2. The number of carbonyl (C=O) groups is 2. The predicted octanol–water partition coefficient (Wildman–Crippen LogP) is 2.42. The van der Waals surface area contributed by atoms with Crippen LogP contribution in [0.4, 0.5) is 5.69 Å². The summed E-state index contributed by atoms with van der Waals surface area (Å²) in [4.78, 5) is 24.7. The molecule has 8 nitrogen and oxygen atoms in total. The number of methoxy groups -OCH3 is 1. The molecule has 0 aliphatic heterocycles. The highest BCUT2D eigenvalue weighted by atomic mass is 35.5. The number of hydrogen-bond donors (Lipinski definition) is 1. The lowest BCUT2D eigenvalue weighted by molar-refractivity contribution is -0.117. The minimum absolute atomic E-state index is 0.0979. The molecular formula is C17H14ClN5O3. The quantitative estimate of drug-likeness (QED) is 0.691. The normalized spacial score (nSPS) is 10.4. The van der Waals surface area contributed by atoms with Gasteiger partial charge in [0.25, 0.3) is 0 Å². The molecule has 132 valence electrons. The zero-order valence-corrected chi connectivity index (χ0v) is 14.5. The van der Waals surface area contributed by atoms with Crippen LogP contribution in [0.15, 0.2) is 48.5 Å². The molecule has 0 bridgehead atoms. The van der Waals surface area contributed by atoms with Crippen LogP contribution < -0.4 is 5.32 Å². The molecule has 0 aliphatic rings. The monoisotopic (exact) mass is 371 g/mol. The third-order valence-electron chi connectivity index (χ3n) is 3.43. The smallest absolute Gasteiger partial charge is 0.337 e. The first kappa shape index (κ1) is 17.6. The maximum absolute atomic E-state index is 12.1. The van der Waals surface area contributed by atoms with Crippen LogP contribution >= 0.6 is 11.6 Å². The fourth-order valence-corrected chi connectivity index (χ4v) is 2.29. The number of halogens is 1. The molecule has 1 aromatic heterocycles. The van der Waals surface area contributed by atoms with Crippen molar-refractivity contribution in [2.45, 2.75) is 6.54 Å². The zero-order chi connectivity index (χ0) is 18.5. The third-order valence-corrected chi connectivity index (χ3v) is 3.68. The molecule has 0 atom stereocenters. The molecule has 1 heterocycles. The van der Waals surface area contributed by atoms with Gasteiger partial charge in [-0.2, -0.15) is 4.80 Å². The van der Waals surface area contributed by atoms with Crippen molar-refractivity contribution in [3.05, 3.63) is 59.1 Å². The largest absolute Gasteiger partial charge is 0.465 e. The number of nitrogens with zero attached hydrogens (tertiary/aromatic N) is 4. The van der Waals surface area contributed by atoms with E-state index >= 15 is 0 Å². The van der Waals surface area contributed by atoms with Crippen molar-refractivity contribution in [2.24, 2.45) is 0 Å². The molecule has 0 fully saturated rings. The summed E-state index contributed by atoms with van der Waals surface area (Å²) in [6.07, 6.45) is 0. The van der Waals surface area contributed by atoms with E-state index in [1.807, 2.05) is 0 Å². The fourth-order valence-electron chi connectivity index (χ4n) is 2.16. The lowest BCUT2D eigenvalue weighted by Crippen LogP contribution is -2.20. The van der Waals surface area contributed by atoms with Gasteiger partial charge in [0.2, 0.25) is 11.7 Å². The minimum atomic E-state index is -0.440. The second kappa shape index (κ2) is 7.75. The number of ether oxygens (including phenoxy) is 1. The molecule has 3 aromatic rings. The summed E-state index contributed by atoms with van der Waals surface area (Å²) in [7, 11) is 1.31. The van der Waals surface area contributed by atoms with Gasteiger partial charge in [-0.15, -0.1) is 10.2 Å². The fraction of sp³-hybridized carbons (Fsp3) is 0.118. The summed E-state index contributed by atoms with van der Waals surface area (Å²) >= 11 is 5.85. The highest BCUT2D eigenvalue weighted by molar-refractivity contribution is 6.30. The Morgan fingerprint density at radius 1 is 1.12 bits per heavy atom.